The number of rotatable bonds is 8. The van der Waals surface area contributed by atoms with E-state index < -0.39 is 0 Å². The Labute approximate surface area is 144 Å². The van der Waals surface area contributed by atoms with Crippen molar-refractivity contribution in [1.29, 1.82) is 0 Å². The lowest BCUT2D eigenvalue weighted by Crippen LogP contribution is -2.06. The number of aryl methyl sites for hydroxylation is 2. The van der Waals surface area contributed by atoms with E-state index >= 15 is 0 Å². The number of nitrogens with zero attached hydrogens (tertiary/aromatic N) is 2. The second-order valence-corrected chi connectivity index (χ2v) is 6.16. The molecule has 118 valence electrons. The number of hydrogen-bond donors (Lipinski definition) is 1. The number of ether oxygens (including phenoxy) is 1. The lowest BCUT2D eigenvalue weighted by Gasteiger charge is -2.09. The molecule has 0 fully saturated rings. The van der Waals surface area contributed by atoms with Gasteiger partial charge in [0.05, 0.1) is 11.1 Å². The maximum atomic E-state index is 5.82. The summed E-state index contributed by atoms with van der Waals surface area (Å²) >= 11 is 8.74. The van der Waals surface area contributed by atoms with E-state index in [1.165, 1.54) is 5.56 Å². The largest absolute Gasteiger partial charge is 0.492 e. The molecule has 0 bridgehead atoms. The Balaban J connectivity index is 1.87. The highest BCUT2D eigenvalue weighted by molar-refractivity contribution is 9.10. The van der Waals surface area contributed by atoms with Crippen molar-refractivity contribution in [3.05, 3.63) is 51.5 Å². The first-order valence-electron chi connectivity index (χ1n) is 7.32. The average molecular weight is 382 g/mol. The predicted octanol–water partition coefficient (Wildman–Crippen LogP) is 4.46. The molecular weight excluding hydrogens is 362 g/mol. The monoisotopic (exact) mass is 381 g/mol. The Hall–Kier alpha value is -1.40. The summed E-state index contributed by atoms with van der Waals surface area (Å²) in [6.07, 6.45) is 4.52. The molecule has 0 amide bonds. The van der Waals surface area contributed by atoms with Crippen molar-refractivity contribution in [2.45, 2.75) is 32.7 Å². The van der Waals surface area contributed by atoms with Gasteiger partial charge in [-0.2, -0.15) is 5.10 Å². The minimum Gasteiger partial charge on any atom is -0.492 e. The minimum atomic E-state index is 0.633. The molecule has 0 atom stereocenters. The molecule has 0 aliphatic carbocycles. The van der Waals surface area contributed by atoms with Crippen molar-refractivity contribution in [2.24, 2.45) is 0 Å². The van der Waals surface area contributed by atoms with Crippen LogP contribution in [0.15, 0.2) is 35.3 Å². The Bertz CT molecular complexity index is 693. The smallest absolute Gasteiger partial charge is 0.195 e. The normalized spacial score (nSPS) is 10.6. The van der Waals surface area contributed by atoms with Crippen LogP contribution in [0.25, 0.3) is 0 Å². The van der Waals surface area contributed by atoms with Crippen LogP contribution in [0.2, 0.25) is 0 Å². The number of nitrogens with one attached hydrogen (secondary N) is 1. The molecular formula is C16H20BrN3OS. The Morgan fingerprint density at radius 3 is 3.00 bits per heavy atom. The van der Waals surface area contributed by atoms with Gasteiger partial charge >= 0.3 is 0 Å². The fourth-order valence-corrected chi connectivity index (χ4v) is 2.92. The summed E-state index contributed by atoms with van der Waals surface area (Å²) in [5.41, 5.74) is 1.29. The van der Waals surface area contributed by atoms with Crippen LogP contribution in [0.3, 0.4) is 0 Å². The van der Waals surface area contributed by atoms with Gasteiger partial charge in [-0.05, 0) is 58.7 Å². The third kappa shape index (κ3) is 4.30. The number of benzene rings is 1. The number of halogens is 1. The van der Waals surface area contributed by atoms with E-state index in [1.807, 2.05) is 16.7 Å². The Morgan fingerprint density at radius 2 is 2.32 bits per heavy atom. The fraction of sp³-hybridized carbons (Fsp3) is 0.375. The van der Waals surface area contributed by atoms with E-state index in [4.69, 9.17) is 17.0 Å². The molecule has 4 nitrogen and oxygen atoms in total. The molecule has 0 aliphatic heterocycles. The summed E-state index contributed by atoms with van der Waals surface area (Å²) in [7, 11) is 0. The molecule has 2 rings (SSSR count). The summed E-state index contributed by atoms with van der Waals surface area (Å²) in [6.45, 7) is 7.19. The van der Waals surface area contributed by atoms with Crippen LogP contribution >= 0.6 is 28.1 Å². The molecule has 1 heterocycles. The quantitative estimate of drug-likeness (QED) is 0.416. The lowest BCUT2D eigenvalue weighted by atomic mass is 10.2. The summed E-state index contributed by atoms with van der Waals surface area (Å²) in [6, 6.07) is 6.20. The van der Waals surface area contributed by atoms with Crippen molar-refractivity contribution in [2.75, 3.05) is 6.61 Å². The molecule has 0 aliphatic rings. The van der Waals surface area contributed by atoms with Gasteiger partial charge in [0, 0.05) is 13.0 Å². The second-order valence-electron chi connectivity index (χ2n) is 4.91. The van der Waals surface area contributed by atoms with Crippen molar-refractivity contribution >= 4 is 28.1 Å². The zero-order valence-electron chi connectivity index (χ0n) is 12.6. The number of allylic oxidation sites excluding steroid dienone is 1. The molecule has 0 unspecified atom stereocenters. The van der Waals surface area contributed by atoms with Crippen LogP contribution in [-0.2, 0) is 19.4 Å². The lowest BCUT2D eigenvalue weighted by molar-refractivity contribution is 0.307. The molecule has 0 radical (unpaired) electrons. The molecule has 1 aromatic carbocycles. The van der Waals surface area contributed by atoms with Gasteiger partial charge in [0.2, 0.25) is 0 Å². The molecule has 0 spiro atoms. The maximum absolute atomic E-state index is 5.82. The Kier molecular flexibility index (Phi) is 6.39. The van der Waals surface area contributed by atoms with Gasteiger partial charge in [-0.25, -0.2) is 0 Å². The zero-order chi connectivity index (χ0) is 15.9. The number of H-pyrrole nitrogens is 1. The van der Waals surface area contributed by atoms with Crippen molar-refractivity contribution < 1.29 is 4.74 Å². The molecule has 0 saturated carbocycles. The third-order valence-corrected chi connectivity index (χ3v) is 4.29. The van der Waals surface area contributed by atoms with Crippen LogP contribution in [0.5, 0.6) is 5.75 Å². The van der Waals surface area contributed by atoms with E-state index in [0.717, 1.165) is 35.3 Å². The first-order valence-corrected chi connectivity index (χ1v) is 8.52. The van der Waals surface area contributed by atoms with Crippen molar-refractivity contribution in [3.63, 3.8) is 0 Å². The summed E-state index contributed by atoms with van der Waals surface area (Å²) in [4.78, 5) is 0. The second kappa shape index (κ2) is 8.29. The van der Waals surface area contributed by atoms with Gasteiger partial charge in [-0.15, -0.1) is 6.58 Å². The predicted molar refractivity (Wildman–Crippen MR) is 94.9 cm³/mol. The van der Waals surface area contributed by atoms with Crippen LogP contribution in [0.4, 0.5) is 0 Å². The first kappa shape index (κ1) is 17.0. The van der Waals surface area contributed by atoms with Gasteiger partial charge in [0.25, 0.3) is 0 Å². The summed E-state index contributed by atoms with van der Waals surface area (Å²) < 4.78 is 9.41. The van der Waals surface area contributed by atoms with Crippen LogP contribution in [0, 0.1) is 4.77 Å². The van der Waals surface area contributed by atoms with Crippen LogP contribution < -0.4 is 4.74 Å². The van der Waals surface area contributed by atoms with Crippen LogP contribution in [-0.4, -0.2) is 21.4 Å². The molecule has 6 heteroatoms. The van der Waals surface area contributed by atoms with Crippen molar-refractivity contribution in [3.8, 4) is 5.75 Å². The highest BCUT2D eigenvalue weighted by Gasteiger charge is 2.06. The summed E-state index contributed by atoms with van der Waals surface area (Å²) in [5.74, 6) is 1.82. The zero-order valence-corrected chi connectivity index (χ0v) is 15.0. The standard InChI is InChI=1S/C16H20BrN3OS/c1-3-9-20-15(18-19-16(20)22)6-5-10-21-14-8-7-12(4-2)11-13(14)17/h3,7-8,11H,1,4-6,9-10H2,2H3,(H,19,22). The molecule has 0 saturated heterocycles. The average Bonchev–Trinajstić information content (AvgIpc) is 2.86. The molecule has 1 aromatic heterocycles. The number of aromatic amines is 1. The number of hydrogen-bond acceptors (Lipinski definition) is 3. The molecule has 22 heavy (non-hydrogen) atoms. The topological polar surface area (TPSA) is 42.8 Å². The van der Waals surface area contributed by atoms with Gasteiger partial charge in [-0.3, -0.25) is 5.10 Å². The Morgan fingerprint density at radius 1 is 1.50 bits per heavy atom. The van der Waals surface area contributed by atoms with E-state index in [0.29, 0.717) is 17.9 Å². The highest BCUT2D eigenvalue weighted by atomic mass is 79.9. The molecule has 1 N–H and O–H groups in total. The number of aromatic nitrogens is 3. The SMILES string of the molecule is C=CCn1c(CCCOc2ccc(CC)cc2Br)n[nH]c1=S. The van der Waals surface area contributed by atoms with E-state index in [1.54, 1.807) is 0 Å². The first-order chi connectivity index (χ1) is 10.7. The van der Waals surface area contributed by atoms with Crippen LogP contribution in [0.1, 0.15) is 24.7 Å². The van der Waals surface area contributed by atoms with Gasteiger partial charge in [0.1, 0.15) is 11.6 Å². The van der Waals surface area contributed by atoms with E-state index in [2.05, 4.69) is 51.8 Å². The molecule has 2 aromatic rings. The van der Waals surface area contributed by atoms with Gasteiger partial charge in [-0.1, -0.05) is 19.1 Å². The van der Waals surface area contributed by atoms with E-state index in [-0.39, 0.29) is 0 Å². The van der Waals surface area contributed by atoms with Crippen molar-refractivity contribution in [1.82, 2.24) is 14.8 Å². The van der Waals surface area contributed by atoms with Gasteiger partial charge in [0.15, 0.2) is 4.77 Å². The maximum Gasteiger partial charge on any atom is 0.195 e. The highest BCUT2D eigenvalue weighted by Crippen LogP contribution is 2.26. The van der Waals surface area contributed by atoms with E-state index in [9.17, 15) is 0 Å². The summed E-state index contributed by atoms with van der Waals surface area (Å²) in [5, 5.41) is 7.07. The minimum absolute atomic E-state index is 0.633. The third-order valence-electron chi connectivity index (χ3n) is 3.36. The van der Waals surface area contributed by atoms with Gasteiger partial charge < -0.3 is 9.30 Å². The fourth-order valence-electron chi connectivity index (χ4n) is 2.15.